The van der Waals surface area contributed by atoms with Crippen LogP contribution in [0.2, 0.25) is 5.02 Å². The minimum Gasteiger partial charge on any atom is -0.398 e. The van der Waals surface area contributed by atoms with Crippen LogP contribution in [0.1, 0.15) is 11.3 Å². The van der Waals surface area contributed by atoms with E-state index in [1.807, 2.05) is 25.1 Å². The highest BCUT2D eigenvalue weighted by molar-refractivity contribution is 7.98. The second-order valence-electron chi connectivity index (χ2n) is 3.61. The molecule has 0 aliphatic rings. The van der Waals surface area contributed by atoms with Crippen molar-refractivity contribution in [3.05, 3.63) is 46.7 Å². The number of nitrogen functional groups attached to an aromatic ring is 1. The Kier molecular flexibility index (Phi) is 3.86. The Morgan fingerprint density at radius 2 is 2.18 bits per heavy atom. The van der Waals surface area contributed by atoms with Crippen molar-refractivity contribution in [2.24, 2.45) is 0 Å². The van der Waals surface area contributed by atoms with Gasteiger partial charge in [0.25, 0.3) is 0 Å². The summed E-state index contributed by atoms with van der Waals surface area (Å²) >= 11 is 7.48. The van der Waals surface area contributed by atoms with Crippen LogP contribution >= 0.6 is 23.4 Å². The van der Waals surface area contributed by atoms with E-state index in [0.29, 0.717) is 5.02 Å². The molecule has 0 aliphatic carbocycles. The van der Waals surface area contributed by atoms with Gasteiger partial charge in [0.15, 0.2) is 5.16 Å². The lowest BCUT2D eigenvalue weighted by Gasteiger charge is -2.05. The summed E-state index contributed by atoms with van der Waals surface area (Å²) in [6.45, 7) is 1.94. The van der Waals surface area contributed by atoms with Crippen LogP contribution in [0.5, 0.6) is 0 Å². The summed E-state index contributed by atoms with van der Waals surface area (Å²) in [5.41, 5.74) is 8.58. The van der Waals surface area contributed by atoms with Gasteiger partial charge in [-0.15, -0.1) is 0 Å². The van der Waals surface area contributed by atoms with Crippen LogP contribution in [0.3, 0.4) is 0 Å². The number of aromatic nitrogens is 2. The van der Waals surface area contributed by atoms with Crippen LogP contribution < -0.4 is 5.73 Å². The molecule has 2 rings (SSSR count). The second kappa shape index (κ2) is 5.38. The Balaban J connectivity index is 2.09. The van der Waals surface area contributed by atoms with E-state index in [2.05, 4.69) is 9.97 Å². The molecule has 0 saturated heterocycles. The molecule has 0 bridgehead atoms. The van der Waals surface area contributed by atoms with Gasteiger partial charge in [-0.25, -0.2) is 9.97 Å². The Morgan fingerprint density at radius 3 is 2.94 bits per heavy atom. The summed E-state index contributed by atoms with van der Waals surface area (Å²) in [6.07, 6.45) is 1.76. The molecule has 0 unspecified atom stereocenters. The lowest BCUT2D eigenvalue weighted by atomic mass is 10.2. The van der Waals surface area contributed by atoms with Crippen molar-refractivity contribution in [1.82, 2.24) is 9.97 Å². The highest BCUT2D eigenvalue weighted by Crippen LogP contribution is 2.25. The Morgan fingerprint density at radius 1 is 1.35 bits per heavy atom. The van der Waals surface area contributed by atoms with E-state index in [1.165, 1.54) is 0 Å². The van der Waals surface area contributed by atoms with Gasteiger partial charge < -0.3 is 5.73 Å². The standard InChI is InChI=1S/C12H12ClN3S/c1-8-4-5-15-12(16-8)17-7-9-6-10(13)2-3-11(9)14/h2-6H,7,14H2,1H3. The highest BCUT2D eigenvalue weighted by Gasteiger charge is 2.03. The zero-order valence-corrected chi connectivity index (χ0v) is 10.9. The average Bonchev–Trinajstić information content (AvgIpc) is 2.30. The first-order chi connectivity index (χ1) is 8.15. The lowest BCUT2D eigenvalue weighted by Crippen LogP contribution is -1.94. The quantitative estimate of drug-likeness (QED) is 0.526. The molecule has 1 aromatic carbocycles. The number of thioether (sulfide) groups is 1. The number of rotatable bonds is 3. The van der Waals surface area contributed by atoms with E-state index in [4.69, 9.17) is 17.3 Å². The second-order valence-corrected chi connectivity index (χ2v) is 4.99. The Labute approximate surface area is 109 Å². The minimum absolute atomic E-state index is 0.694. The molecular formula is C12H12ClN3S. The zero-order valence-electron chi connectivity index (χ0n) is 9.35. The van der Waals surface area contributed by atoms with Gasteiger partial charge in [-0.3, -0.25) is 0 Å². The SMILES string of the molecule is Cc1ccnc(SCc2cc(Cl)ccc2N)n1. The largest absolute Gasteiger partial charge is 0.398 e. The van der Waals surface area contributed by atoms with E-state index in [1.54, 1.807) is 24.0 Å². The molecule has 0 fully saturated rings. The third kappa shape index (κ3) is 3.35. The third-order valence-electron chi connectivity index (χ3n) is 2.23. The highest BCUT2D eigenvalue weighted by atomic mass is 35.5. The first kappa shape index (κ1) is 12.2. The normalized spacial score (nSPS) is 10.5. The molecule has 0 aliphatic heterocycles. The molecule has 88 valence electrons. The average molecular weight is 266 g/mol. The smallest absolute Gasteiger partial charge is 0.188 e. The third-order valence-corrected chi connectivity index (χ3v) is 3.38. The van der Waals surface area contributed by atoms with Crippen LogP contribution in [0.15, 0.2) is 35.6 Å². The van der Waals surface area contributed by atoms with Crippen molar-refractivity contribution in [3.63, 3.8) is 0 Å². The van der Waals surface area contributed by atoms with Crippen LogP contribution in [0.4, 0.5) is 5.69 Å². The molecule has 0 atom stereocenters. The fraction of sp³-hybridized carbons (Fsp3) is 0.167. The minimum atomic E-state index is 0.694. The van der Waals surface area contributed by atoms with Crippen molar-refractivity contribution < 1.29 is 0 Å². The van der Waals surface area contributed by atoms with Crippen LogP contribution in [0.25, 0.3) is 0 Å². The molecule has 2 aromatic rings. The van der Waals surface area contributed by atoms with Gasteiger partial charge in [0.2, 0.25) is 0 Å². The predicted octanol–water partition coefficient (Wildman–Crippen LogP) is 3.31. The van der Waals surface area contributed by atoms with Gasteiger partial charge in [0.05, 0.1) is 0 Å². The van der Waals surface area contributed by atoms with E-state index in [-0.39, 0.29) is 0 Å². The van der Waals surface area contributed by atoms with Crippen molar-refractivity contribution in [2.45, 2.75) is 17.8 Å². The molecule has 1 aromatic heterocycles. The maximum absolute atomic E-state index is 5.93. The van der Waals surface area contributed by atoms with Crippen molar-refractivity contribution in [3.8, 4) is 0 Å². The van der Waals surface area contributed by atoms with Gasteiger partial charge in [0.1, 0.15) is 0 Å². The van der Waals surface area contributed by atoms with Crippen molar-refractivity contribution in [1.29, 1.82) is 0 Å². The number of nitrogens with zero attached hydrogens (tertiary/aromatic N) is 2. The van der Waals surface area contributed by atoms with E-state index >= 15 is 0 Å². The zero-order chi connectivity index (χ0) is 12.3. The summed E-state index contributed by atoms with van der Waals surface area (Å²) in [5, 5.41) is 1.45. The number of aryl methyl sites for hydroxylation is 1. The molecule has 0 spiro atoms. The van der Waals surface area contributed by atoms with Crippen molar-refractivity contribution in [2.75, 3.05) is 5.73 Å². The number of hydrogen-bond acceptors (Lipinski definition) is 4. The maximum Gasteiger partial charge on any atom is 0.188 e. The van der Waals surface area contributed by atoms with Crippen LogP contribution in [-0.4, -0.2) is 9.97 Å². The summed E-state index contributed by atoms with van der Waals surface area (Å²) in [7, 11) is 0. The fourth-order valence-electron chi connectivity index (χ4n) is 1.34. The van der Waals surface area contributed by atoms with Gasteiger partial charge in [-0.1, -0.05) is 23.4 Å². The Hall–Kier alpha value is -1.26. The van der Waals surface area contributed by atoms with Crippen molar-refractivity contribution >= 4 is 29.1 Å². The number of halogens is 1. The number of hydrogen-bond donors (Lipinski definition) is 1. The first-order valence-corrected chi connectivity index (χ1v) is 6.48. The monoisotopic (exact) mass is 265 g/mol. The molecule has 5 heteroatoms. The topological polar surface area (TPSA) is 51.8 Å². The van der Waals surface area contributed by atoms with Gasteiger partial charge in [-0.2, -0.15) is 0 Å². The summed E-state index contributed by atoms with van der Waals surface area (Å²) < 4.78 is 0. The van der Waals surface area contributed by atoms with Gasteiger partial charge in [0, 0.05) is 28.4 Å². The summed E-state index contributed by atoms with van der Waals surface area (Å²) in [6, 6.07) is 7.35. The molecule has 17 heavy (non-hydrogen) atoms. The van der Waals surface area contributed by atoms with Gasteiger partial charge >= 0.3 is 0 Å². The van der Waals surface area contributed by atoms with E-state index < -0.39 is 0 Å². The molecule has 0 saturated carbocycles. The van der Waals surface area contributed by atoms with Crippen LogP contribution in [0, 0.1) is 6.92 Å². The Bertz CT molecular complexity index is 531. The maximum atomic E-state index is 5.93. The molecule has 2 N–H and O–H groups in total. The predicted molar refractivity (Wildman–Crippen MR) is 72.2 cm³/mol. The summed E-state index contributed by atoms with van der Waals surface area (Å²) in [4.78, 5) is 8.50. The molecule has 3 nitrogen and oxygen atoms in total. The number of nitrogens with two attached hydrogens (primary N) is 1. The molecule has 0 radical (unpaired) electrons. The molecular weight excluding hydrogens is 254 g/mol. The van der Waals surface area contributed by atoms with E-state index in [9.17, 15) is 0 Å². The molecule has 0 amide bonds. The molecule has 1 heterocycles. The lowest BCUT2D eigenvalue weighted by molar-refractivity contribution is 0.932. The van der Waals surface area contributed by atoms with Gasteiger partial charge in [-0.05, 0) is 36.8 Å². The van der Waals surface area contributed by atoms with Crippen LogP contribution in [-0.2, 0) is 5.75 Å². The number of anilines is 1. The van der Waals surface area contributed by atoms with E-state index in [0.717, 1.165) is 27.9 Å². The first-order valence-electron chi connectivity index (χ1n) is 5.11. The fourth-order valence-corrected chi connectivity index (χ4v) is 2.41. The number of benzene rings is 1. The summed E-state index contributed by atoms with van der Waals surface area (Å²) in [5.74, 6) is 0.718.